The highest BCUT2D eigenvalue weighted by atomic mass is 16.5. The van der Waals surface area contributed by atoms with E-state index in [0.29, 0.717) is 22.6 Å². The van der Waals surface area contributed by atoms with E-state index in [1.54, 1.807) is 25.1 Å². The van der Waals surface area contributed by atoms with E-state index in [1.165, 1.54) is 24.2 Å². The second-order valence-corrected chi connectivity index (χ2v) is 4.11. The Morgan fingerprint density at radius 1 is 1.53 bits per heavy atom. The molecule has 1 amide bonds. The molecular weight excluding hydrogens is 246 g/mol. The molecule has 1 atom stereocenters. The molecule has 0 spiro atoms. The van der Waals surface area contributed by atoms with Gasteiger partial charge in [0.05, 0.1) is 30.7 Å². The minimum Gasteiger partial charge on any atom is -0.496 e. The van der Waals surface area contributed by atoms with Crippen molar-refractivity contribution >= 4 is 5.91 Å². The average molecular weight is 261 g/mol. The Bertz CT molecular complexity index is 605. The summed E-state index contributed by atoms with van der Waals surface area (Å²) >= 11 is 0. The number of aliphatic hydroxyl groups is 1. The van der Waals surface area contributed by atoms with Gasteiger partial charge in [-0.1, -0.05) is 6.07 Å². The maximum absolute atomic E-state index is 11.1. The van der Waals surface area contributed by atoms with Crippen molar-refractivity contribution in [3.63, 3.8) is 0 Å². The summed E-state index contributed by atoms with van der Waals surface area (Å²) in [5.74, 6) is 0.0105. The lowest BCUT2D eigenvalue weighted by Gasteiger charge is -2.15. The van der Waals surface area contributed by atoms with Gasteiger partial charge in [0.2, 0.25) is 0 Å². The third kappa shape index (κ3) is 2.43. The van der Waals surface area contributed by atoms with E-state index in [9.17, 15) is 9.90 Å². The molecule has 1 aromatic heterocycles. The van der Waals surface area contributed by atoms with Gasteiger partial charge in [-0.2, -0.15) is 5.10 Å². The van der Waals surface area contributed by atoms with E-state index in [-0.39, 0.29) is 0 Å². The van der Waals surface area contributed by atoms with Crippen molar-refractivity contribution in [1.82, 2.24) is 9.78 Å². The molecule has 0 unspecified atom stereocenters. The summed E-state index contributed by atoms with van der Waals surface area (Å²) in [6.07, 6.45) is 2.17. The zero-order valence-corrected chi connectivity index (χ0v) is 10.7. The monoisotopic (exact) mass is 261 g/mol. The number of nitrogens with two attached hydrogens (primary N) is 1. The van der Waals surface area contributed by atoms with Gasteiger partial charge in [-0.3, -0.25) is 4.79 Å². The van der Waals surface area contributed by atoms with Crippen LogP contribution in [0.15, 0.2) is 30.6 Å². The van der Waals surface area contributed by atoms with Crippen LogP contribution in [0, 0.1) is 0 Å². The molecule has 1 heterocycles. The second-order valence-electron chi connectivity index (χ2n) is 4.11. The minimum atomic E-state index is -0.729. The van der Waals surface area contributed by atoms with Gasteiger partial charge in [-0.25, -0.2) is 4.68 Å². The van der Waals surface area contributed by atoms with Crippen molar-refractivity contribution in [3.8, 4) is 11.4 Å². The summed E-state index contributed by atoms with van der Waals surface area (Å²) in [6.45, 7) is 1.64. The van der Waals surface area contributed by atoms with Crippen LogP contribution in [-0.2, 0) is 0 Å². The van der Waals surface area contributed by atoms with Crippen molar-refractivity contribution in [3.05, 3.63) is 41.7 Å². The van der Waals surface area contributed by atoms with Crippen LogP contribution in [0.4, 0.5) is 0 Å². The first-order valence-electron chi connectivity index (χ1n) is 5.74. The Kier molecular flexibility index (Phi) is 3.52. The summed E-state index contributed by atoms with van der Waals surface area (Å²) in [6, 6.07) is 5.32. The van der Waals surface area contributed by atoms with E-state index in [2.05, 4.69) is 5.10 Å². The topological polar surface area (TPSA) is 90.4 Å². The van der Waals surface area contributed by atoms with Crippen LogP contribution in [0.5, 0.6) is 5.75 Å². The highest BCUT2D eigenvalue weighted by Crippen LogP contribution is 2.30. The Morgan fingerprint density at radius 2 is 2.26 bits per heavy atom. The Balaban J connectivity index is 2.57. The zero-order chi connectivity index (χ0) is 14.0. The van der Waals surface area contributed by atoms with Crippen LogP contribution < -0.4 is 10.5 Å². The Morgan fingerprint density at radius 3 is 2.79 bits per heavy atom. The number of rotatable bonds is 4. The van der Waals surface area contributed by atoms with Gasteiger partial charge in [-0.05, 0) is 19.1 Å². The molecule has 1 aromatic carbocycles. The first-order chi connectivity index (χ1) is 9.04. The number of aliphatic hydroxyl groups excluding tert-OH is 1. The standard InChI is InChI=1S/C13H15N3O3/c1-8(17)12-10(4-3-5-11(12)19-2)16-7-9(6-15-16)13(14)18/h3-8,17H,1-2H3,(H2,14,18)/t8-/m1/s1. The number of hydrogen-bond acceptors (Lipinski definition) is 4. The molecule has 0 saturated carbocycles. The number of methoxy groups -OCH3 is 1. The van der Waals surface area contributed by atoms with Crippen molar-refractivity contribution < 1.29 is 14.6 Å². The molecule has 0 bridgehead atoms. The fraction of sp³-hybridized carbons (Fsp3) is 0.231. The fourth-order valence-electron chi connectivity index (χ4n) is 1.91. The van der Waals surface area contributed by atoms with E-state index < -0.39 is 12.0 Å². The van der Waals surface area contributed by atoms with Crippen LogP contribution in [0.25, 0.3) is 5.69 Å². The van der Waals surface area contributed by atoms with Gasteiger partial charge in [0, 0.05) is 11.8 Å². The number of ether oxygens (including phenoxy) is 1. The molecule has 6 nitrogen and oxygen atoms in total. The molecule has 100 valence electrons. The minimum absolute atomic E-state index is 0.305. The van der Waals surface area contributed by atoms with Crippen molar-refractivity contribution in [2.75, 3.05) is 7.11 Å². The lowest BCUT2D eigenvalue weighted by Crippen LogP contribution is -2.10. The number of carbonyl (C=O) groups is 1. The summed E-state index contributed by atoms with van der Waals surface area (Å²) in [5.41, 5.74) is 6.74. The summed E-state index contributed by atoms with van der Waals surface area (Å²) < 4.78 is 6.72. The molecule has 6 heteroatoms. The highest BCUT2D eigenvalue weighted by molar-refractivity contribution is 5.92. The number of hydrogen-bond donors (Lipinski definition) is 2. The van der Waals surface area contributed by atoms with Gasteiger partial charge < -0.3 is 15.6 Å². The number of aromatic nitrogens is 2. The van der Waals surface area contributed by atoms with Gasteiger partial charge in [0.15, 0.2) is 0 Å². The molecule has 0 fully saturated rings. The van der Waals surface area contributed by atoms with Gasteiger partial charge in [0.25, 0.3) is 5.91 Å². The molecular formula is C13H15N3O3. The maximum atomic E-state index is 11.1. The van der Waals surface area contributed by atoms with Crippen LogP contribution >= 0.6 is 0 Å². The number of amides is 1. The number of benzene rings is 1. The molecule has 0 aliphatic rings. The molecule has 0 saturated heterocycles. The van der Waals surface area contributed by atoms with Crippen LogP contribution in [0.1, 0.15) is 28.9 Å². The van der Waals surface area contributed by atoms with Crippen LogP contribution in [-0.4, -0.2) is 27.9 Å². The smallest absolute Gasteiger partial charge is 0.251 e. The van der Waals surface area contributed by atoms with Gasteiger partial charge in [0.1, 0.15) is 5.75 Å². The first-order valence-corrected chi connectivity index (χ1v) is 5.74. The van der Waals surface area contributed by atoms with E-state index >= 15 is 0 Å². The van der Waals surface area contributed by atoms with Gasteiger partial charge in [-0.15, -0.1) is 0 Å². The van der Waals surface area contributed by atoms with Crippen molar-refractivity contribution in [2.24, 2.45) is 5.73 Å². The Labute approximate surface area is 110 Å². The lowest BCUT2D eigenvalue weighted by atomic mass is 10.1. The maximum Gasteiger partial charge on any atom is 0.251 e. The predicted octanol–water partition coefficient (Wildman–Crippen LogP) is 1.03. The third-order valence-electron chi connectivity index (χ3n) is 2.79. The SMILES string of the molecule is COc1cccc(-n2cc(C(N)=O)cn2)c1[C@@H](C)O. The molecule has 3 N–H and O–H groups in total. The first kappa shape index (κ1) is 13.1. The third-order valence-corrected chi connectivity index (χ3v) is 2.79. The van der Waals surface area contributed by atoms with Crippen LogP contribution in [0.2, 0.25) is 0 Å². The molecule has 0 radical (unpaired) electrons. The van der Waals surface area contributed by atoms with Gasteiger partial charge >= 0.3 is 0 Å². The summed E-state index contributed by atoms with van der Waals surface area (Å²) in [4.78, 5) is 11.1. The molecule has 2 rings (SSSR count). The largest absolute Gasteiger partial charge is 0.496 e. The fourth-order valence-corrected chi connectivity index (χ4v) is 1.91. The van der Waals surface area contributed by atoms with E-state index in [1.807, 2.05) is 0 Å². The molecule has 0 aliphatic heterocycles. The highest BCUT2D eigenvalue weighted by Gasteiger charge is 2.16. The van der Waals surface area contributed by atoms with Crippen molar-refractivity contribution in [1.29, 1.82) is 0 Å². The average Bonchev–Trinajstić information content (AvgIpc) is 2.87. The lowest BCUT2D eigenvalue weighted by molar-refractivity contribution is 0.100. The quantitative estimate of drug-likeness (QED) is 0.860. The van der Waals surface area contributed by atoms with E-state index in [0.717, 1.165) is 0 Å². The summed E-state index contributed by atoms with van der Waals surface area (Å²) in [5, 5.41) is 14.0. The molecule has 19 heavy (non-hydrogen) atoms. The number of primary amides is 1. The second kappa shape index (κ2) is 5.11. The van der Waals surface area contributed by atoms with Crippen molar-refractivity contribution in [2.45, 2.75) is 13.0 Å². The molecule has 0 aliphatic carbocycles. The normalized spacial score (nSPS) is 12.2. The zero-order valence-electron chi connectivity index (χ0n) is 10.7. The molecule has 2 aromatic rings. The number of nitrogens with zero attached hydrogens (tertiary/aromatic N) is 2. The predicted molar refractivity (Wildman–Crippen MR) is 69.3 cm³/mol. The van der Waals surface area contributed by atoms with E-state index in [4.69, 9.17) is 10.5 Å². The Hall–Kier alpha value is -2.34. The number of carbonyl (C=O) groups excluding carboxylic acids is 1. The summed E-state index contributed by atoms with van der Waals surface area (Å²) in [7, 11) is 1.53. The van der Waals surface area contributed by atoms with Crippen LogP contribution in [0.3, 0.4) is 0 Å².